The molecular weight excluding hydrogens is 224 g/mol. The summed E-state index contributed by atoms with van der Waals surface area (Å²) >= 11 is 1.30. The van der Waals surface area contributed by atoms with E-state index >= 15 is 0 Å². The third-order valence-electron chi connectivity index (χ3n) is 2.02. The molecule has 0 saturated heterocycles. The van der Waals surface area contributed by atoms with E-state index in [2.05, 4.69) is 19.7 Å². The van der Waals surface area contributed by atoms with E-state index in [1.807, 2.05) is 13.8 Å². The standard InChI is InChI=1S/C10H12N4OS/c1-6-3-4-9(15)8(12-6)5-11-10-13-7(2)14-16-10/h3-4,15H,5H2,1-2H3,(H,11,13,14). The predicted molar refractivity (Wildman–Crippen MR) is 62.6 cm³/mol. The molecule has 16 heavy (non-hydrogen) atoms. The minimum absolute atomic E-state index is 0.194. The topological polar surface area (TPSA) is 70.9 Å². The van der Waals surface area contributed by atoms with Crippen LogP contribution in [-0.2, 0) is 6.54 Å². The molecule has 2 heterocycles. The lowest BCUT2D eigenvalue weighted by molar-refractivity contribution is 0.464. The average Bonchev–Trinajstić information content (AvgIpc) is 2.66. The van der Waals surface area contributed by atoms with Gasteiger partial charge in [0, 0.05) is 17.2 Å². The molecule has 0 saturated carbocycles. The second-order valence-electron chi connectivity index (χ2n) is 3.42. The first-order valence-electron chi connectivity index (χ1n) is 4.85. The Bertz CT molecular complexity index is 497. The fourth-order valence-corrected chi connectivity index (χ4v) is 1.83. The van der Waals surface area contributed by atoms with Gasteiger partial charge in [-0.2, -0.15) is 4.37 Å². The summed E-state index contributed by atoms with van der Waals surface area (Å²) in [6, 6.07) is 3.42. The molecule has 6 heteroatoms. The Labute approximate surface area is 97.4 Å². The molecule has 2 aromatic rings. The van der Waals surface area contributed by atoms with Crippen LogP contribution in [0.1, 0.15) is 17.2 Å². The molecule has 0 unspecified atom stereocenters. The van der Waals surface area contributed by atoms with E-state index in [-0.39, 0.29) is 5.75 Å². The van der Waals surface area contributed by atoms with Crippen molar-refractivity contribution in [2.24, 2.45) is 0 Å². The number of aromatic hydroxyl groups is 1. The quantitative estimate of drug-likeness (QED) is 0.851. The van der Waals surface area contributed by atoms with Gasteiger partial charge in [-0.1, -0.05) is 0 Å². The van der Waals surface area contributed by atoms with Crippen LogP contribution in [0.2, 0.25) is 0 Å². The van der Waals surface area contributed by atoms with Gasteiger partial charge >= 0.3 is 0 Å². The fourth-order valence-electron chi connectivity index (χ4n) is 1.26. The monoisotopic (exact) mass is 236 g/mol. The van der Waals surface area contributed by atoms with Gasteiger partial charge in [0.15, 0.2) is 0 Å². The number of rotatable bonds is 3. The molecule has 0 aliphatic carbocycles. The zero-order valence-electron chi connectivity index (χ0n) is 9.06. The Morgan fingerprint density at radius 2 is 2.12 bits per heavy atom. The highest BCUT2D eigenvalue weighted by molar-refractivity contribution is 7.09. The number of anilines is 1. The number of aromatic nitrogens is 3. The SMILES string of the molecule is Cc1ccc(O)c(CNc2nc(C)ns2)n1. The van der Waals surface area contributed by atoms with E-state index in [9.17, 15) is 5.11 Å². The molecule has 0 radical (unpaired) electrons. The minimum atomic E-state index is 0.194. The number of hydrogen-bond acceptors (Lipinski definition) is 6. The number of pyridine rings is 1. The zero-order chi connectivity index (χ0) is 11.5. The Hall–Kier alpha value is -1.69. The Morgan fingerprint density at radius 3 is 2.81 bits per heavy atom. The largest absolute Gasteiger partial charge is 0.506 e. The van der Waals surface area contributed by atoms with E-state index in [4.69, 9.17) is 0 Å². The van der Waals surface area contributed by atoms with Gasteiger partial charge in [-0.3, -0.25) is 4.98 Å². The molecule has 2 aromatic heterocycles. The molecular formula is C10H12N4OS. The molecule has 0 bridgehead atoms. The van der Waals surface area contributed by atoms with Crippen molar-refractivity contribution in [2.75, 3.05) is 5.32 Å². The number of hydrogen-bond donors (Lipinski definition) is 2. The maximum Gasteiger partial charge on any atom is 0.202 e. The smallest absolute Gasteiger partial charge is 0.202 e. The molecule has 2 N–H and O–H groups in total. The molecule has 0 spiro atoms. The van der Waals surface area contributed by atoms with E-state index < -0.39 is 0 Å². The third kappa shape index (κ3) is 2.46. The minimum Gasteiger partial charge on any atom is -0.506 e. The Balaban J connectivity index is 2.07. The summed E-state index contributed by atoms with van der Waals surface area (Å²) in [4.78, 5) is 8.40. The van der Waals surface area contributed by atoms with Gasteiger partial charge in [0.05, 0.1) is 6.54 Å². The van der Waals surface area contributed by atoms with Crippen molar-refractivity contribution in [3.8, 4) is 5.75 Å². The lowest BCUT2D eigenvalue weighted by atomic mass is 10.3. The van der Waals surface area contributed by atoms with Gasteiger partial charge in [0.1, 0.15) is 17.3 Å². The highest BCUT2D eigenvalue weighted by Gasteiger charge is 2.04. The van der Waals surface area contributed by atoms with E-state index in [1.54, 1.807) is 12.1 Å². The van der Waals surface area contributed by atoms with Gasteiger partial charge in [-0.05, 0) is 26.0 Å². The predicted octanol–water partition coefficient (Wildman–Crippen LogP) is 1.87. The molecule has 5 nitrogen and oxygen atoms in total. The number of nitrogens with one attached hydrogen (secondary N) is 1. The summed E-state index contributed by atoms with van der Waals surface area (Å²) in [5.74, 6) is 0.938. The molecule has 0 fully saturated rings. The van der Waals surface area contributed by atoms with Crippen molar-refractivity contribution < 1.29 is 5.11 Å². The van der Waals surface area contributed by atoms with Gasteiger partial charge in [0.25, 0.3) is 0 Å². The van der Waals surface area contributed by atoms with E-state index in [0.717, 1.165) is 16.6 Å². The lowest BCUT2D eigenvalue weighted by Crippen LogP contribution is -2.02. The second-order valence-corrected chi connectivity index (χ2v) is 4.17. The summed E-state index contributed by atoms with van der Waals surface area (Å²) in [7, 11) is 0. The molecule has 0 amide bonds. The maximum atomic E-state index is 9.58. The van der Waals surface area contributed by atoms with Crippen molar-refractivity contribution in [1.82, 2.24) is 14.3 Å². The first-order valence-corrected chi connectivity index (χ1v) is 5.62. The van der Waals surface area contributed by atoms with Crippen LogP contribution in [0.4, 0.5) is 5.13 Å². The highest BCUT2D eigenvalue weighted by Crippen LogP contribution is 2.17. The van der Waals surface area contributed by atoms with Crippen LogP contribution in [0.25, 0.3) is 0 Å². The summed E-state index contributed by atoms with van der Waals surface area (Å²) in [5.41, 5.74) is 1.50. The third-order valence-corrected chi connectivity index (χ3v) is 2.79. The molecule has 0 aliphatic heterocycles. The average molecular weight is 236 g/mol. The van der Waals surface area contributed by atoms with E-state index in [0.29, 0.717) is 12.2 Å². The molecule has 0 atom stereocenters. The zero-order valence-corrected chi connectivity index (χ0v) is 9.88. The van der Waals surface area contributed by atoms with Gasteiger partial charge in [-0.15, -0.1) is 0 Å². The van der Waals surface area contributed by atoms with Crippen LogP contribution in [0.5, 0.6) is 5.75 Å². The summed E-state index contributed by atoms with van der Waals surface area (Å²) in [6.07, 6.45) is 0. The van der Waals surface area contributed by atoms with Crippen molar-refractivity contribution in [2.45, 2.75) is 20.4 Å². The summed E-state index contributed by atoms with van der Waals surface area (Å²) < 4.78 is 4.05. The second kappa shape index (κ2) is 4.44. The van der Waals surface area contributed by atoms with Gasteiger partial charge < -0.3 is 10.4 Å². The molecule has 84 valence electrons. The maximum absolute atomic E-state index is 9.58. The molecule has 0 aliphatic rings. The summed E-state index contributed by atoms with van der Waals surface area (Å²) in [5, 5.41) is 13.4. The van der Waals surface area contributed by atoms with E-state index in [1.165, 1.54) is 11.5 Å². The van der Waals surface area contributed by atoms with Crippen LogP contribution < -0.4 is 5.32 Å². The normalized spacial score (nSPS) is 10.4. The van der Waals surface area contributed by atoms with Crippen LogP contribution in [0.3, 0.4) is 0 Å². The molecule has 2 rings (SSSR count). The van der Waals surface area contributed by atoms with Crippen molar-refractivity contribution >= 4 is 16.7 Å². The van der Waals surface area contributed by atoms with Crippen LogP contribution >= 0.6 is 11.5 Å². The lowest BCUT2D eigenvalue weighted by Gasteiger charge is -2.05. The highest BCUT2D eigenvalue weighted by atomic mass is 32.1. The first kappa shape index (κ1) is 10.8. The van der Waals surface area contributed by atoms with Crippen LogP contribution in [-0.4, -0.2) is 19.4 Å². The Kier molecular flexibility index (Phi) is 3.00. The first-order chi connectivity index (χ1) is 7.65. The van der Waals surface area contributed by atoms with Crippen molar-refractivity contribution in [3.63, 3.8) is 0 Å². The Morgan fingerprint density at radius 1 is 1.31 bits per heavy atom. The summed E-state index contributed by atoms with van der Waals surface area (Å²) in [6.45, 7) is 4.17. The van der Waals surface area contributed by atoms with Crippen molar-refractivity contribution in [1.29, 1.82) is 0 Å². The fraction of sp³-hybridized carbons (Fsp3) is 0.300. The van der Waals surface area contributed by atoms with Crippen molar-refractivity contribution in [3.05, 3.63) is 29.3 Å². The molecule has 0 aromatic carbocycles. The van der Waals surface area contributed by atoms with Gasteiger partial charge in [0.2, 0.25) is 5.13 Å². The van der Waals surface area contributed by atoms with Crippen LogP contribution in [0, 0.1) is 13.8 Å². The van der Waals surface area contributed by atoms with Crippen LogP contribution in [0.15, 0.2) is 12.1 Å². The van der Waals surface area contributed by atoms with Gasteiger partial charge in [-0.25, -0.2) is 4.98 Å². The number of nitrogens with zero attached hydrogens (tertiary/aromatic N) is 3. The number of aryl methyl sites for hydroxylation is 2.